The minimum Gasteiger partial charge on any atom is -0.390 e. The van der Waals surface area contributed by atoms with Gasteiger partial charge in [-0.2, -0.15) is 13.2 Å². The maximum Gasteiger partial charge on any atom is 0.416 e. The number of hydrogen-bond donors (Lipinski definition) is 7. The van der Waals surface area contributed by atoms with Crippen LogP contribution >= 0.6 is 0 Å². The largest absolute Gasteiger partial charge is 0.416 e. The fourth-order valence-corrected chi connectivity index (χ4v) is 8.25. The first-order valence-corrected chi connectivity index (χ1v) is 24.4. The summed E-state index contributed by atoms with van der Waals surface area (Å²) < 4.78 is 77.6. The second-order valence-electron chi connectivity index (χ2n) is 18.0. The molecule has 11 nitrogen and oxygen atoms in total. The van der Waals surface area contributed by atoms with Gasteiger partial charge >= 0.3 is 6.18 Å². The van der Waals surface area contributed by atoms with E-state index in [1.54, 1.807) is 6.07 Å². The first-order chi connectivity index (χ1) is 31.6. The maximum atomic E-state index is 13.4. The normalized spacial score (nSPS) is 20.2. The molecule has 3 rings (SSSR count). The molecule has 0 unspecified atom stereocenters. The molecule has 0 bridgehead atoms. The van der Waals surface area contributed by atoms with Crippen LogP contribution in [0.3, 0.4) is 0 Å². The van der Waals surface area contributed by atoms with E-state index in [1.165, 1.54) is 63.1 Å². The van der Waals surface area contributed by atoms with E-state index in [9.17, 15) is 57.1 Å². The van der Waals surface area contributed by atoms with Crippen molar-refractivity contribution in [2.75, 3.05) is 13.2 Å². The van der Waals surface area contributed by atoms with Crippen LogP contribution in [0.1, 0.15) is 165 Å². The molecule has 0 radical (unpaired) electrons. The number of benzene rings is 2. The lowest BCUT2D eigenvalue weighted by atomic mass is 9.98. The van der Waals surface area contributed by atoms with Gasteiger partial charge in [-0.3, -0.25) is 9.59 Å². The number of ether oxygens (including phenoxy) is 2. The van der Waals surface area contributed by atoms with E-state index in [0.717, 1.165) is 94.4 Å². The molecule has 1 heterocycles. The SMILES string of the molecule is CCCCCCCCCCCCCC[C@@H](O)[C@@H](O)[C@H](CO[C@H]1O[C@H](CNC(=O)Cc2cccc(C(F)(F)F)c2)[C@H](O)[C@H](O)[C@H]1O)NC(=O)CCCCCCCCCCc1ccc(F)c(F)c1. The quantitative estimate of drug-likeness (QED) is 0.0268. The summed E-state index contributed by atoms with van der Waals surface area (Å²) >= 11 is 0. The number of nitrogens with one attached hydrogen (secondary N) is 2. The van der Waals surface area contributed by atoms with Gasteiger partial charge < -0.3 is 45.6 Å². The second-order valence-corrected chi connectivity index (χ2v) is 18.0. The third kappa shape index (κ3) is 22.2. The summed E-state index contributed by atoms with van der Waals surface area (Å²) in [6.45, 7) is 1.35. The van der Waals surface area contributed by atoms with E-state index in [4.69, 9.17) is 9.47 Å². The number of alkyl halides is 3. The number of halogens is 5. The number of aliphatic hydroxyl groups excluding tert-OH is 5. The lowest BCUT2D eigenvalue weighted by molar-refractivity contribution is -0.297. The third-order valence-electron chi connectivity index (χ3n) is 12.3. The number of aryl methyl sites for hydroxylation is 1. The van der Waals surface area contributed by atoms with Crippen molar-refractivity contribution in [3.05, 3.63) is 70.8 Å². The van der Waals surface area contributed by atoms with Gasteiger partial charge in [-0.25, -0.2) is 8.78 Å². The van der Waals surface area contributed by atoms with Crippen LogP contribution in [0.15, 0.2) is 42.5 Å². The van der Waals surface area contributed by atoms with Gasteiger partial charge in [0.25, 0.3) is 0 Å². The zero-order valence-corrected chi connectivity index (χ0v) is 38.8. The molecule has 376 valence electrons. The van der Waals surface area contributed by atoms with Crippen LogP contribution in [0.25, 0.3) is 0 Å². The highest BCUT2D eigenvalue weighted by Crippen LogP contribution is 2.30. The monoisotopic (exact) mass is 945 g/mol. The van der Waals surface area contributed by atoms with Crippen molar-refractivity contribution in [1.29, 1.82) is 0 Å². The topological polar surface area (TPSA) is 178 Å². The molecule has 7 N–H and O–H groups in total. The Morgan fingerprint density at radius 2 is 1.29 bits per heavy atom. The Morgan fingerprint density at radius 3 is 1.89 bits per heavy atom. The van der Waals surface area contributed by atoms with Gasteiger partial charge in [0, 0.05) is 13.0 Å². The maximum absolute atomic E-state index is 13.4. The molecule has 0 saturated carbocycles. The number of carbonyl (C=O) groups is 2. The Morgan fingerprint density at radius 1 is 0.697 bits per heavy atom. The highest BCUT2D eigenvalue weighted by molar-refractivity contribution is 5.78. The van der Waals surface area contributed by atoms with Crippen LogP contribution in [-0.2, 0) is 38.1 Å². The first kappa shape index (κ1) is 57.1. The fourth-order valence-electron chi connectivity index (χ4n) is 8.25. The predicted molar refractivity (Wildman–Crippen MR) is 242 cm³/mol. The summed E-state index contributed by atoms with van der Waals surface area (Å²) in [4.78, 5) is 25.8. The van der Waals surface area contributed by atoms with Gasteiger partial charge in [0.2, 0.25) is 11.8 Å². The fraction of sp³-hybridized carbons (Fsp3) is 0.720. The molecule has 0 aliphatic carbocycles. The average Bonchev–Trinajstić information content (AvgIpc) is 3.28. The number of unbranched alkanes of at least 4 members (excludes halogenated alkanes) is 18. The van der Waals surface area contributed by atoms with Crippen molar-refractivity contribution in [2.45, 2.75) is 216 Å². The molecule has 2 aromatic carbocycles. The van der Waals surface area contributed by atoms with E-state index in [2.05, 4.69) is 17.6 Å². The molecule has 2 amide bonds. The third-order valence-corrected chi connectivity index (χ3v) is 12.3. The van der Waals surface area contributed by atoms with Crippen molar-refractivity contribution >= 4 is 11.8 Å². The molecule has 8 atom stereocenters. The molecule has 1 aliphatic heterocycles. The Hall–Kier alpha value is -3.25. The number of amides is 2. The van der Waals surface area contributed by atoms with Crippen molar-refractivity contribution in [1.82, 2.24) is 10.6 Å². The number of aliphatic hydroxyl groups is 5. The molecule has 16 heteroatoms. The summed E-state index contributed by atoms with van der Waals surface area (Å²) in [5.41, 5.74) is -0.0450. The van der Waals surface area contributed by atoms with Gasteiger partial charge in [0.05, 0.1) is 30.7 Å². The van der Waals surface area contributed by atoms with E-state index < -0.39 is 97.8 Å². The van der Waals surface area contributed by atoms with Crippen molar-refractivity contribution in [2.24, 2.45) is 0 Å². The number of rotatable bonds is 34. The lowest BCUT2D eigenvalue weighted by Gasteiger charge is -2.41. The van der Waals surface area contributed by atoms with Crippen LogP contribution < -0.4 is 10.6 Å². The summed E-state index contributed by atoms with van der Waals surface area (Å²) in [5, 5.41) is 59.6. The molecular formula is C50H77F5N2O9. The molecule has 1 fully saturated rings. The molecule has 1 saturated heterocycles. The summed E-state index contributed by atoms with van der Waals surface area (Å²) in [6, 6.07) is 7.11. The van der Waals surface area contributed by atoms with Crippen molar-refractivity contribution in [3.8, 4) is 0 Å². The van der Waals surface area contributed by atoms with E-state index >= 15 is 0 Å². The molecular weight excluding hydrogens is 868 g/mol. The standard InChI is InChI=1S/C50H77F5N2O9/c1-2-3-4-5-6-7-8-9-10-14-17-20-26-41(58)45(61)40(57-43(59)27-21-18-15-12-11-13-16-19-23-35-28-29-38(51)39(52)31-35)34-65-49-48(64)47(63)46(62)42(66-49)33-56-44(60)32-36-24-22-25-37(30-36)50(53,54)55/h22,24-25,28-31,40-42,45-49,58,61-64H,2-21,23,26-27,32-34H2,1H3,(H,56,60)(H,57,59)/t40-,41+,42+,45-,46-,47-,48+,49-/m0/s1. The highest BCUT2D eigenvalue weighted by Gasteiger charge is 2.45. The van der Waals surface area contributed by atoms with E-state index in [0.29, 0.717) is 19.3 Å². The Labute approximate surface area is 388 Å². The van der Waals surface area contributed by atoms with Crippen molar-refractivity contribution < 1.29 is 66.5 Å². The molecule has 2 aromatic rings. The lowest BCUT2D eigenvalue weighted by Crippen LogP contribution is -2.61. The van der Waals surface area contributed by atoms with Crippen molar-refractivity contribution in [3.63, 3.8) is 0 Å². The molecule has 66 heavy (non-hydrogen) atoms. The van der Waals surface area contributed by atoms with Gasteiger partial charge in [-0.1, -0.05) is 147 Å². The Kier molecular flexibility index (Phi) is 27.4. The van der Waals surface area contributed by atoms with Gasteiger partial charge in [-0.05, 0) is 55.0 Å². The molecule has 1 aliphatic rings. The zero-order valence-electron chi connectivity index (χ0n) is 38.8. The Bertz CT molecular complexity index is 1660. The minimum atomic E-state index is -4.59. The van der Waals surface area contributed by atoms with Crippen LogP contribution in [-0.4, -0.2) is 99.5 Å². The zero-order chi connectivity index (χ0) is 48.3. The van der Waals surface area contributed by atoms with Gasteiger partial charge in [0.1, 0.15) is 30.5 Å². The van der Waals surface area contributed by atoms with E-state index in [1.807, 2.05) is 0 Å². The molecule has 0 aromatic heterocycles. The predicted octanol–water partition coefficient (Wildman–Crippen LogP) is 8.52. The van der Waals surface area contributed by atoms with E-state index in [-0.39, 0.29) is 24.3 Å². The Balaban J connectivity index is 1.48. The summed E-state index contributed by atoms with van der Waals surface area (Å²) in [5.74, 6) is -2.77. The molecule has 0 spiro atoms. The highest BCUT2D eigenvalue weighted by atomic mass is 19.4. The summed E-state index contributed by atoms with van der Waals surface area (Å²) in [6.07, 6.45) is 5.86. The van der Waals surface area contributed by atoms with Crippen LogP contribution in [0.2, 0.25) is 0 Å². The van der Waals surface area contributed by atoms with Gasteiger partial charge in [-0.15, -0.1) is 0 Å². The average molecular weight is 945 g/mol. The second kappa shape index (κ2) is 31.7. The number of carbonyl (C=O) groups excluding carboxylic acids is 2. The first-order valence-electron chi connectivity index (χ1n) is 24.4. The number of hydrogen-bond acceptors (Lipinski definition) is 9. The van der Waals surface area contributed by atoms with Gasteiger partial charge in [0.15, 0.2) is 17.9 Å². The minimum absolute atomic E-state index is 0.0976. The smallest absolute Gasteiger partial charge is 0.390 e. The van der Waals surface area contributed by atoms with Crippen LogP contribution in [0, 0.1) is 11.6 Å². The summed E-state index contributed by atoms with van der Waals surface area (Å²) in [7, 11) is 0. The van der Waals surface area contributed by atoms with Crippen LogP contribution in [0.5, 0.6) is 0 Å². The van der Waals surface area contributed by atoms with Crippen LogP contribution in [0.4, 0.5) is 22.0 Å².